The number of rotatable bonds is 2. The number of hydrogen-bond acceptors (Lipinski definition) is 3. The molecule has 2 rings (SSSR count). The average molecular weight is 350 g/mol. The van der Waals surface area contributed by atoms with E-state index < -0.39 is 21.8 Å². The predicted octanol–water partition coefficient (Wildman–Crippen LogP) is 1.95. The first-order valence-corrected chi connectivity index (χ1v) is 8.49. The fraction of sp³-hybridized carbons (Fsp3) is 0.500. The smallest absolute Gasteiger partial charge is 0.342 e. The normalized spacial score (nSPS) is 17.8. The van der Waals surface area contributed by atoms with Crippen LogP contribution in [0.15, 0.2) is 29.2 Å². The Morgan fingerprint density at radius 1 is 1.13 bits per heavy atom. The van der Waals surface area contributed by atoms with Crippen LogP contribution in [0.5, 0.6) is 0 Å². The van der Waals surface area contributed by atoms with Gasteiger partial charge >= 0.3 is 6.18 Å². The zero-order chi connectivity index (χ0) is 17.3. The molecular weight excluding hydrogens is 333 g/mol. The van der Waals surface area contributed by atoms with Crippen LogP contribution in [0.3, 0.4) is 0 Å². The Labute approximate surface area is 132 Å². The highest BCUT2D eigenvalue weighted by Gasteiger charge is 2.33. The van der Waals surface area contributed by atoms with E-state index in [1.54, 1.807) is 0 Å². The molecule has 5 nitrogen and oxygen atoms in total. The molecule has 1 saturated heterocycles. The van der Waals surface area contributed by atoms with Gasteiger partial charge in [0.1, 0.15) is 0 Å². The topological polar surface area (TPSA) is 57.7 Å². The van der Waals surface area contributed by atoms with E-state index in [0.29, 0.717) is 19.0 Å². The Hall–Kier alpha value is -1.61. The van der Waals surface area contributed by atoms with Crippen molar-refractivity contribution in [3.05, 3.63) is 29.8 Å². The van der Waals surface area contributed by atoms with Gasteiger partial charge in [-0.25, -0.2) is 8.42 Å². The molecule has 0 saturated carbocycles. The molecule has 1 aromatic carbocycles. The van der Waals surface area contributed by atoms with Gasteiger partial charge in [-0.15, -0.1) is 0 Å². The van der Waals surface area contributed by atoms with Gasteiger partial charge in [0.05, 0.1) is 10.5 Å². The van der Waals surface area contributed by atoms with Crippen molar-refractivity contribution in [2.75, 3.05) is 26.2 Å². The van der Waals surface area contributed by atoms with Gasteiger partial charge in [-0.1, -0.05) is 6.07 Å². The standard InChI is InChI=1S/C14H17F3N2O3S/c1-11(20)18-6-3-7-19(9-8-18)23(21,22)13-5-2-4-12(10-13)14(15,16)17/h2,4-5,10H,3,6-9H2,1H3. The molecule has 1 fully saturated rings. The number of sulfonamides is 1. The summed E-state index contributed by atoms with van der Waals surface area (Å²) in [5.41, 5.74) is -1.00. The summed E-state index contributed by atoms with van der Waals surface area (Å²) in [6.07, 6.45) is -4.16. The van der Waals surface area contributed by atoms with E-state index in [2.05, 4.69) is 0 Å². The zero-order valence-electron chi connectivity index (χ0n) is 12.5. The third-order valence-corrected chi connectivity index (χ3v) is 5.59. The summed E-state index contributed by atoms with van der Waals surface area (Å²) in [7, 11) is -4.02. The van der Waals surface area contributed by atoms with Crippen molar-refractivity contribution < 1.29 is 26.4 Å². The lowest BCUT2D eigenvalue weighted by Crippen LogP contribution is -2.36. The van der Waals surface area contributed by atoms with Crippen LogP contribution in [-0.4, -0.2) is 49.7 Å². The lowest BCUT2D eigenvalue weighted by molar-refractivity contribution is -0.137. The van der Waals surface area contributed by atoms with Crippen molar-refractivity contribution in [1.82, 2.24) is 9.21 Å². The summed E-state index contributed by atoms with van der Waals surface area (Å²) in [5, 5.41) is 0. The summed E-state index contributed by atoms with van der Waals surface area (Å²) in [5.74, 6) is -0.150. The number of nitrogens with zero attached hydrogens (tertiary/aromatic N) is 2. The molecule has 1 aromatic rings. The quantitative estimate of drug-likeness (QED) is 0.819. The molecule has 9 heteroatoms. The van der Waals surface area contributed by atoms with E-state index in [9.17, 15) is 26.4 Å². The van der Waals surface area contributed by atoms with Crippen LogP contribution < -0.4 is 0 Å². The molecule has 23 heavy (non-hydrogen) atoms. The van der Waals surface area contributed by atoms with Crippen molar-refractivity contribution in [3.8, 4) is 0 Å². The highest BCUT2D eigenvalue weighted by atomic mass is 32.2. The molecule has 1 aliphatic rings. The first kappa shape index (κ1) is 17.7. The Balaban J connectivity index is 2.26. The molecule has 0 unspecified atom stereocenters. The molecule has 0 aliphatic carbocycles. The molecule has 0 spiro atoms. The van der Waals surface area contributed by atoms with Crippen LogP contribution >= 0.6 is 0 Å². The molecular formula is C14H17F3N2O3S. The minimum atomic E-state index is -4.60. The van der Waals surface area contributed by atoms with Crippen LogP contribution in [0.25, 0.3) is 0 Å². The number of benzene rings is 1. The number of halogens is 3. The molecule has 0 atom stereocenters. The van der Waals surface area contributed by atoms with Gasteiger partial charge in [0, 0.05) is 33.1 Å². The predicted molar refractivity (Wildman–Crippen MR) is 77.1 cm³/mol. The molecule has 0 radical (unpaired) electrons. The van der Waals surface area contributed by atoms with Crippen LogP contribution in [0.4, 0.5) is 13.2 Å². The highest BCUT2D eigenvalue weighted by molar-refractivity contribution is 7.89. The SMILES string of the molecule is CC(=O)N1CCCN(S(=O)(=O)c2cccc(C(F)(F)F)c2)CC1. The number of amides is 1. The fourth-order valence-electron chi connectivity index (χ4n) is 2.43. The number of carbonyl (C=O) groups excluding carboxylic acids is 1. The van der Waals surface area contributed by atoms with E-state index in [-0.39, 0.29) is 30.4 Å². The van der Waals surface area contributed by atoms with E-state index in [4.69, 9.17) is 0 Å². The van der Waals surface area contributed by atoms with Gasteiger partial charge in [-0.2, -0.15) is 17.5 Å². The number of alkyl halides is 3. The van der Waals surface area contributed by atoms with E-state index in [0.717, 1.165) is 22.5 Å². The van der Waals surface area contributed by atoms with Gasteiger partial charge in [-0.05, 0) is 24.6 Å². The number of carbonyl (C=O) groups is 1. The second-order valence-electron chi connectivity index (χ2n) is 5.29. The maximum Gasteiger partial charge on any atom is 0.416 e. The molecule has 0 bridgehead atoms. The Bertz CT molecular complexity index is 689. The number of hydrogen-bond donors (Lipinski definition) is 0. The average Bonchev–Trinajstić information content (AvgIpc) is 2.73. The molecule has 0 N–H and O–H groups in total. The highest BCUT2D eigenvalue weighted by Crippen LogP contribution is 2.31. The minimum Gasteiger partial charge on any atom is -0.342 e. The second-order valence-corrected chi connectivity index (χ2v) is 7.23. The van der Waals surface area contributed by atoms with Gasteiger partial charge in [0.25, 0.3) is 0 Å². The van der Waals surface area contributed by atoms with E-state index >= 15 is 0 Å². The van der Waals surface area contributed by atoms with Gasteiger partial charge < -0.3 is 4.90 Å². The molecule has 1 aliphatic heterocycles. The Morgan fingerprint density at radius 2 is 1.83 bits per heavy atom. The van der Waals surface area contributed by atoms with Crippen molar-refractivity contribution in [2.45, 2.75) is 24.4 Å². The second kappa shape index (κ2) is 6.48. The summed E-state index contributed by atoms with van der Waals surface area (Å²) < 4.78 is 64.5. The van der Waals surface area contributed by atoms with E-state index in [1.807, 2.05) is 0 Å². The fourth-order valence-corrected chi connectivity index (χ4v) is 3.95. The summed E-state index contributed by atoms with van der Waals surface area (Å²) in [6.45, 7) is 2.30. The molecule has 128 valence electrons. The summed E-state index contributed by atoms with van der Waals surface area (Å²) in [4.78, 5) is 12.5. The third-order valence-electron chi connectivity index (χ3n) is 3.70. The van der Waals surface area contributed by atoms with Gasteiger partial charge in [0.15, 0.2) is 0 Å². The van der Waals surface area contributed by atoms with Crippen molar-refractivity contribution in [2.24, 2.45) is 0 Å². The van der Waals surface area contributed by atoms with Crippen LogP contribution in [0, 0.1) is 0 Å². The maximum absolute atomic E-state index is 12.8. The largest absolute Gasteiger partial charge is 0.416 e. The van der Waals surface area contributed by atoms with E-state index in [1.165, 1.54) is 11.8 Å². The molecule has 0 aromatic heterocycles. The minimum absolute atomic E-state index is 0.0676. The van der Waals surface area contributed by atoms with Crippen molar-refractivity contribution in [3.63, 3.8) is 0 Å². The maximum atomic E-state index is 12.8. The van der Waals surface area contributed by atoms with Gasteiger partial charge in [-0.3, -0.25) is 4.79 Å². The first-order chi connectivity index (χ1) is 10.6. The summed E-state index contributed by atoms with van der Waals surface area (Å²) >= 11 is 0. The summed E-state index contributed by atoms with van der Waals surface area (Å²) in [6, 6.07) is 3.70. The lowest BCUT2D eigenvalue weighted by Gasteiger charge is -2.21. The van der Waals surface area contributed by atoms with Crippen LogP contribution in [0.1, 0.15) is 18.9 Å². The molecule has 1 amide bonds. The van der Waals surface area contributed by atoms with Crippen molar-refractivity contribution >= 4 is 15.9 Å². The first-order valence-electron chi connectivity index (χ1n) is 7.05. The van der Waals surface area contributed by atoms with Crippen LogP contribution in [-0.2, 0) is 21.0 Å². The molecule has 1 heterocycles. The zero-order valence-corrected chi connectivity index (χ0v) is 13.3. The Morgan fingerprint density at radius 3 is 2.43 bits per heavy atom. The lowest BCUT2D eigenvalue weighted by atomic mass is 10.2. The third kappa shape index (κ3) is 4.03. The van der Waals surface area contributed by atoms with Crippen LogP contribution in [0.2, 0.25) is 0 Å². The van der Waals surface area contributed by atoms with Crippen molar-refractivity contribution in [1.29, 1.82) is 0 Å². The Kier molecular flexibility index (Phi) is 5.00. The van der Waals surface area contributed by atoms with Gasteiger partial charge in [0.2, 0.25) is 15.9 Å². The monoisotopic (exact) mass is 350 g/mol.